The summed E-state index contributed by atoms with van der Waals surface area (Å²) in [6.45, 7) is 7.62. The summed E-state index contributed by atoms with van der Waals surface area (Å²) in [5.41, 5.74) is 1.79. The SMILES string of the molecule is Cc1ccc(OC(C)C(=O)Nc2ccccc2OC(C)C)cc1. The Morgan fingerprint density at radius 3 is 2.26 bits per heavy atom. The molecule has 23 heavy (non-hydrogen) atoms. The van der Waals surface area contributed by atoms with Crippen LogP contribution in [0.3, 0.4) is 0 Å². The molecule has 122 valence electrons. The molecule has 0 saturated carbocycles. The summed E-state index contributed by atoms with van der Waals surface area (Å²) >= 11 is 0. The van der Waals surface area contributed by atoms with Crippen molar-refractivity contribution in [3.05, 3.63) is 54.1 Å². The minimum absolute atomic E-state index is 0.0364. The second-order valence-corrected chi connectivity index (χ2v) is 5.73. The molecule has 2 aromatic rings. The molecule has 0 aromatic heterocycles. The third-order valence-corrected chi connectivity index (χ3v) is 3.21. The van der Waals surface area contributed by atoms with Crippen LogP contribution in [0.4, 0.5) is 5.69 Å². The summed E-state index contributed by atoms with van der Waals surface area (Å²) in [6, 6.07) is 15.0. The van der Waals surface area contributed by atoms with E-state index in [1.165, 1.54) is 0 Å². The minimum atomic E-state index is -0.607. The molecule has 0 saturated heterocycles. The predicted octanol–water partition coefficient (Wildman–Crippen LogP) is 4.19. The van der Waals surface area contributed by atoms with Gasteiger partial charge in [-0.15, -0.1) is 0 Å². The Kier molecular flexibility index (Phi) is 5.63. The van der Waals surface area contributed by atoms with Crippen molar-refractivity contribution in [1.29, 1.82) is 0 Å². The molecule has 0 aliphatic carbocycles. The number of anilines is 1. The first-order valence-corrected chi connectivity index (χ1v) is 7.75. The zero-order chi connectivity index (χ0) is 16.8. The van der Waals surface area contributed by atoms with Crippen LogP contribution in [-0.4, -0.2) is 18.1 Å². The van der Waals surface area contributed by atoms with Crippen molar-refractivity contribution in [2.75, 3.05) is 5.32 Å². The number of para-hydroxylation sites is 2. The van der Waals surface area contributed by atoms with Crippen LogP contribution in [0.25, 0.3) is 0 Å². The van der Waals surface area contributed by atoms with Crippen molar-refractivity contribution in [3.8, 4) is 11.5 Å². The molecule has 2 rings (SSSR count). The van der Waals surface area contributed by atoms with E-state index in [1.54, 1.807) is 6.92 Å². The molecular formula is C19H23NO3. The van der Waals surface area contributed by atoms with Crippen LogP contribution in [0.5, 0.6) is 11.5 Å². The first-order valence-electron chi connectivity index (χ1n) is 7.75. The molecule has 4 heteroatoms. The molecular weight excluding hydrogens is 290 g/mol. The van der Waals surface area contributed by atoms with Gasteiger partial charge in [0.05, 0.1) is 11.8 Å². The molecule has 1 unspecified atom stereocenters. The number of hydrogen-bond acceptors (Lipinski definition) is 3. The molecule has 0 aliphatic heterocycles. The Morgan fingerprint density at radius 2 is 1.61 bits per heavy atom. The van der Waals surface area contributed by atoms with Gasteiger partial charge in [-0.25, -0.2) is 0 Å². The van der Waals surface area contributed by atoms with Crippen molar-refractivity contribution >= 4 is 11.6 Å². The highest BCUT2D eigenvalue weighted by Gasteiger charge is 2.17. The van der Waals surface area contributed by atoms with Gasteiger partial charge < -0.3 is 14.8 Å². The molecule has 1 amide bonds. The van der Waals surface area contributed by atoms with Gasteiger partial charge in [0.1, 0.15) is 11.5 Å². The number of ether oxygens (including phenoxy) is 2. The van der Waals surface area contributed by atoms with E-state index in [1.807, 2.05) is 69.3 Å². The lowest BCUT2D eigenvalue weighted by Gasteiger charge is -2.18. The van der Waals surface area contributed by atoms with Gasteiger partial charge in [-0.2, -0.15) is 0 Å². The third-order valence-electron chi connectivity index (χ3n) is 3.21. The highest BCUT2D eigenvalue weighted by molar-refractivity contribution is 5.95. The van der Waals surface area contributed by atoms with Crippen LogP contribution in [-0.2, 0) is 4.79 Å². The van der Waals surface area contributed by atoms with Crippen LogP contribution in [0.2, 0.25) is 0 Å². The largest absolute Gasteiger partial charge is 0.489 e. The Balaban J connectivity index is 2.02. The number of benzene rings is 2. The maximum atomic E-state index is 12.3. The molecule has 0 radical (unpaired) electrons. The van der Waals surface area contributed by atoms with Gasteiger partial charge in [0.25, 0.3) is 5.91 Å². The zero-order valence-corrected chi connectivity index (χ0v) is 14.0. The summed E-state index contributed by atoms with van der Waals surface area (Å²) in [5, 5.41) is 2.86. The van der Waals surface area contributed by atoms with Crippen LogP contribution in [0.15, 0.2) is 48.5 Å². The number of hydrogen-bond donors (Lipinski definition) is 1. The fourth-order valence-corrected chi connectivity index (χ4v) is 2.04. The Bertz CT molecular complexity index is 650. The Hall–Kier alpha value is -2.49. The predicted molar refractivity (Wildman–Crippen MR) is 92.1 cm³/mol. The number of amides is 1. The fraction of sp³-hybridized carbons (Fsp3) is 0.316. The molecule has 0 fully saturated rings. The van der Waals surface area contributed by atoms with E-state index in [9.17, 15) is 4.79 Å². The average molecular weight is 313 g/mol. The molecule has 0 spiro atoms. The summed E-state index contributed by atoms with van der Waals surface area (Å²) in [6.07, 6.45) is -0.570. The summed E-state index contributed by atoms with van der Waals surface area (Å²) in [4.78, 5) is 12.3. The van der Waals surface area contributed by atoms with Crippen LogP contribution >= 0.6 is 0 Å². The second-order valence-electron chi connectivity index (χ2n) is 5.73. The molecule has 0 heterocycles. The number of nitrogens with one attached hydrogen (secondary N) is 1. The lowest BCUT2D eigenvalue weighted by atomic mass is 10.2. The minimum Gasteiger partial charge on any atom is -0.489 e. The van der Waals surface area contributed by atoms with E-state index < -0.39 is 6.10 Å². The summed E-state index contributed by atoms with van der Waals surface area (Å²) < 4.78 is 11.4. The quantitative estimate of drug-likeness (QED) is 0.870. The van der Waals surface area contributed by atoms with E-state index in [0.29, 0.717) is 17.2 Å². The molecule has 0 bridgehead atoms. The lowest BCUT2D eigenvalue weighted by Crippen LogP contribution is -2.30. The molecule has 1 atom stereocenters. The van der Waals surface area contributed by atoms with Crippen molar-refractivity contribution in [3.63, 3.8) is 0 Å². The van der Waals surface area contributed by atoms with Crippen molar-refractivity contribution < 1.29 is 14.3 Å². The highest BCUT2D eigenvalue weighted by atomic mass is 16.5. The lowest BCUT2D eigenvalue weighted by molar-refractivity contribution is -0.122. The second kappa shape index (κ2) is 7.68. The van der Waals surface area contributed by atoms with Crippen LogP contribution in [0, 0.1) is 6.92 Å². The molecule has 1 N–H and O–H groups in total. The normalized spacial score (nSPS) is 11.9. The first-order chi connectivity index (χ1) is 11.0. The van der Waals surface area contributed by atoms with Gasteiger partial charge in [0, 0.05) is 0 Å². The van der Waals surface area contributed by atoms with Crippen LogP contribution < -0.4 is 14.8 Å². The number of aryl methyl sites for hydroxylation is 1. The van der Waals surface area contributed by atoms with Gasteiger partial charge in [-0.05, 0) is 52.0 Å². The van der Waals surface area contributed by atoms with Crippen molar-refractivity contribution in [1.82, 2.24) is 0 Å². The van der Waals surface area contributed by atoms with E-state index in [-0.39, 0.29) is 12.0 Å². The topological polar surface area (TPSA) is 47.6 Å². The van der Waals surface area contributed by atoms with Crippen LogP contribution in [0.1, 0.15) is 26.3 Å². The maximum absolute atomic E-state index is 12.3. The molecule has 0 aliphatic rings. The maximum Gasteiger partial charge on any atom is 0.265 e. The van der Waals surface area contributed by atoms with Gasteiger partial charge in [0.15, 0.2) is 6.10 Å². The van der Waals surface area contributed by atoms with Crippen molar-refractivity contribution in [2.45, 2.75) is 39.9 Å². The Morgan fingerprint density at radius 1 is 0.957 bits per heavy atom. The third kappa shape index (κ3) is 5.02. The van der Waals surface area contributed by atoms with Gasteiger partial charge >= 0.3 is 0 Å². The number of carbonyl (C=O) groups excluding carboxylic acids is 1. The Labute approximate surface area is 137 Å². The van der Waals surface area contributed by atoms with E-state index in [2.05, 4.69) is 5.32 Å². The van der Waals surface area contributed by atoms with Gasteiger partial charge in [-0.1, -0.05) is 29.8 Å². The number of carbonyl (C=O) groups is 1. The molecule has 2 aromatic carbocycles. The van der Waals surface area contributed by atoms with E-state index in [4.69, 9.17) is 9.47 Å². The molecule has 4 nitrogen and oxygen atoms in total. The van der Waals surface area contributed by atoms with E-state index >= 15 is 0 Å². The highest BCUT2D eigenvalue weighted by Crippen LogP contribution is 2.25. The standard InChI is InChI=1S/C19H23NO3/c1-13(2)22-18-8-6-5-7-17(18)20-19(21)15(4)23-16-11-9-14(3)10-12-16/h5-13,15H,1-4H3,(H,20,21). The van der Waals surface area contributed by atoms with E-state index in [0.717, 1.165) is 5.56 Å². The zero-order valence-electron chi connectivity index (χ0n) is 14.0. The summed E-state index contributed by atoms with van der Waals surface area (Å²) in [5.74, 6) is 1.11. The first kappa shape index (κ1) is 16.9. The fourth-order valence-electron chi connectivity index (χ4n) is 2.04. The van der Waals surface area contributed by atoms with Gasteiger partial charge in [0.2, 0.25) is 0 Å². The van der Waals surface area contributed by atoms with Crippen molar-refractivity contribution in [2.24, 2.45) is 0 Å². The average Bonchev–Trinajstić information content (AvgIpc) is 2.51. The summed E-state index contributed by atoms with van der Waals surface area (Å²) in [7, 11) is 0. The van der Waals surface area contributed by atoms with Gasteiger partial charge in [-0.3, -0.25) is 4.79 Å². The number of rotatable bonds is 6. The smallest absolute Gasteiger partial charge is 0.265 e. The monoisotopic (exact) mass is 313 g/mol.